The summed E-state index contributed by atoms with van der Waals surface area (Å²) in [5.41, 5.74) is 5.66. The van der Waals surface area contributed by atoms with Crippen LogP contribution in [0.5, 0.6) is 0 Å². The normalized spacial score (nSPS) is 12.2. The molecule has 0 fully saturated rings. The Balaban J connectivity index is 2.56. The van der Waals surface area contributed by atoms with E-state index < -0.39 is 5.82 Å². The molecule has 0 aliphatic heterocycles. The Morgan fingerprint density at radius 1 is 1.59 bits per heavy atom. The average molecular weight is 259 g/mol. The maximum Gasteiger partial charge on any atom is 0.224 e. The minimum Gasteiger partial charge on any atom is -0.355 e. The van der Waals surface area contributed by atoms with Gasteiger partial charge in [0.15, 0.2) is 0 Å². The average Bonchev–Trinajstić information content (AvgIpc) is 2.31. The monoisotopic (exact) mass is 258 g/mol. The molecule has 3 nitrogen and oxygen atoms in total. The molecule has 1 aromatic rings. The molecule has 5 heteroatoms. The van der Waals surface area contributed by atoms with Gasteiger partial charge in [-0.05, 0) is 24.6 Å². The molecule has 1 amide bonds. The molecule has 3 N–H and O–H groups in total. The number of amides is 1. The standard InChI is InChI=1S/C12H16ClFN2O/c1-8(6-15)7-16-12(17)5-9-10(13)3-2-4-11(9)14/h2-4,8H,5-7,15H2,1H3,(H,16,17). The number of benzene rings is 1. The van der Waals surface area contributed by atoms with E-state index in [1.165, 1.54) is 12.1 Å². The third-order valence-electron chi connectivity index (χ3n) is 2.45. The van der Waals surface area contributed by atoms with E-state index in [4.69, 9.17) is 17.3 Å². The minimum absolute atomic E-state index is 0.0528. The van der Waals surface area contributed by atoms with E-state index in [0.717, 1.165) is 0 Å². The molecule has 0 heterocycles. The number of rotatable bonds is 5. The van der Waals surface area contributed by atoms with Crippen molar-refractivity contribution < 1.29 is 9.18 Å². The summed E-state index contributed by atoms with van der Waals surface area (Å²) >= 11 is 5.82. The third kappa shape index (κ3) is 4.32. The van der Waals surface area contributed by atoms with Crippen LogP contribution in [0.25, 0.3) is 0 Å². The van der Waals surface area contributed by atoms with Gasteiger partial charge in [0.2, 0.25) is 5.91 Å². The zero-order valence-electron chi connectivity index (χ0n) is 9.67. The summed E-state index contributed by atoms with van der Waals surface area (Å²) in [7, 11) is 0. The van der Waals surface area contributed by atoms with Crippen molar-refractivity contribution in [2.75, 3.05) is 13.1 Å². The molecule has 0 radical (unpaired) electrons. The highest BCUT2D eigenvalue weighted by Gasteiger charge is 2.12. The third-order valence-corrected chi connectivity index (χ3v) is 2.80. The zero-order valence-corrected chi connectivity index (χ0v) is 10.4. The second-order valence-electron chi connectivity index (χ2n) is 4.02. The van der Waals surface area contributed by atoms with E-state index in [1.54, 1.807) is 6.07 Å². The predicted octanol–water partition coefficient (Wildman–Crippen LogP) is 1.73. The molecule has 1 rings (SSSR count). The van der Waals surface area contributed by atoms with Gasteiger partial charge in [-0.25, -0.2) is 4.39 Å². The quantitative estimate of drug-likeness (QED) is 0.845. The van der Waals surface area contributed by atoms with Gasteiger partial charge in [-0.3, -0.25) is 4.79 Å². The lowest BCUT2D eigenvalue weighted by Crippen LogP contribution is -2.32. The molecule has 0 saturated carbocycles. The Kier molecular flexibility index (Phi) is 5.38. The van der Waals surface area contributed by atoms with Gasteiger partial charge in [0.05, 0.1) is 6.42 Å². The highest BCUT2D eigenvalue weighted by atomic mass is 35.5. The van der Waals surface area contributed by atoms with Crippen LogP contribution in [0.1, 0.15) is 12.5 Å². The minimum atomic E-state index is -0.459. The van der Waals surface area contributed by atoms with Gasteiger partial charge in [0.1, 0.15) is 5.82 Å². The molecule has 1 atom stereocenters. The van der Waals surface area contributed by atoms with Crippen molar-refractivity contribution in [3.63, 3.8) is 0 Å². The molecule has 1 aromatic carbocycles. The van der Waals surface area contributed by atoms with Gasteiger partial charge < -0.3 is 11.1 Å². The highest BCUT2D eigenvalue weighted by molar-refractivity contribution is 6.31. The molecule has 0 aliphatic carbocycles. The number of hydrogen-bond acceptors (Lipinski definition) is 2. The summed E-state index contributed by atoms with van der Waals surface area (Å²) < 4.78 is 13.4. The van der Waals surface area contributed by atoms with Crippen molar-refractivity contribution in [2.45, 2.75) is 13.3 Å². The number of halogens is 2. The van der Waals surface area contributed by atoms with Crippen LogP contribution in [-0.2, 0) is 11.2 Å². The van der Waals surface area contributed by atoms with Crippen molar-refractivity contribution in [1.82, 2.24) is 5.32 Å². The summed E-state index contributed by atoms with van der Waals surface area (Å²) in [5, 5.41) is 2.96. The first kappa shape index (κ1) is 13.9. The fourth-order valence-electron chi connectivity index (χ4n) is 1.30. The van der Waals surface area contributed by atoms with Crippen LogP contribution in [0.4, 0.5) is 4.39 Å². The first-order valence-corrected chi connectivity index (χ1v) is 5.82. The van der Waals surface area contributed by atoms with E-state index in [2.05, 4.69) is 5.32 Å². The Morgan fingerprint density at radius 3 is 2.88 bits per heavy atom. The van der Waals surface area contributed by atoms with Crippen LogP contribution in [-0.4, -0.2) is 19.0 Å². The van der Waals surface area contributed by atoms with Gasteiger partial charge in [0.25, 0.3) is 0 Å². The predicted molar refractivity (Wildman–Crippen MR) is 66.3 cm³/mol. The van der Waals surface area contributed by atoms with Gasteiger partial charge in [0, 0.05) is 17.1 Å². The smallest absolute Gasteiger partial charge is 0.224 e. The number of nitrogens with one attached hydrogen (secondary N) is 1. The summed E-state index contributed by atoms with van der Waals surface area (Å²) in [6, 6.07) is 4.36. The van der Waals surface area contributed by atoms with Crippen LogP contribution in [0.15, 0.2) is 18.2 Å². The molecule has 1 unspecified atom stereocenters. The lowest BCUT2D eigenvalue weighted by molar-refractivity contribution is -0.120. The van der Waals surface area contributed by atoms with Gasteiger partial charge in [-0.15, -0.1) is 0 Å². The SMILES string of the molecule is CC(CN)CNC(=O)Cc1c(F)cccc1Cl. The molecule has 0 aliphatic rings. The first-order chi connectivity index (χ1) is 8.04. The highest BCUT2D eigenvalue weighted by Crippen LogP contribution is 2.19. The Bertz CT molecular complexity index is 378. The molecule has 0 aromatic heterocycles. The summed E-state index contributed by atoms with van der Waals surface area (Å²) in [6.45, 7) is 2.92. The lowest BCUT2D eigenvalue weighted by Gasteiger charge is -2.11. The van der Waals surface area contributed by atoms with Crippen LogP contribution >= 0.6 is 11.6 Å². The van der Waals surface area contributed by atoms with Gasteiger partial charge in [-0.2, -0.15) is 0 Å². The van der Waals surface area contributed by atoms with Crippen molar-refractivity contribution in [3.05, 3.63) is 34.6 Å². The second kappa shape index (κ2) is 6.57. The number of nitrogens with two attached hydrogens (primary N) is 1. The fraction of sp³-hybridized carbons (Fsp3) is 0.417. The Hall–Kier alpha value is -1.13. The molecule has 0 bridgehead atoms. The van der Waals surface area contributed by atoms with Gasteiger partial charge in [-0.1, -0.05) is 24.6 Å². The summed E-state index contributed by atoms with van der Waals surface area (Å²) in [6.07, 6.45) is -0.0528. The first-order valence-electron chi connectivity index (χ1n) is 5.44. The molecule has 94 valence electrons. The summed E-state index contributed by atoms with van der Waals surface area (Å²) in [5.74, 6) is -0.508. The van der Waals surface area contributed by atoms with Crippen LogP contribution in [0.2, 0.25) is 5.02 Å². The van der Waals surface area contributed by atoms with Gasteiger partial charge >= 0.3 is 0 Å². The fourth-order valence-corrected chi connectivity index (χ4v) is 1.53. The van der Waals surface area contributed by atoms with E-state index in [9.17, 15) is 9.18 Å². The molecule has 17 heavy (non-hydrogen) atoms. The maximum absolute atomic E-state index is 13.4. The van der Waals surface area contributed by atoms with E-state index in [0.29, 0.717) is 13.1 Å². The number of carbonyl (C=O) groups excluding carboxylic acids is 1. The number of hydrogen-bond donors (Lipinski definition) is 2. The maximum atomic E-state index is 13.4. The van der Waals surface area contributed by atoms with Crippen LogP contribution in [0.3, 0.4) is 0 Å². The molecule has 0 saturated heterocycles. The van der Waals surface area contributed by atoms with Crippen molar-refractivity contribution in [3.8, 4) is 0 Å². The summed E-state index contributed by atoms with van der Waals surface area (Å²) in [4.78, 5) is 11.6. The van der Waals surface area contributed by atoms with E-state index >= 15 is 0 Å². The molecule has 0 spiro atoms. The van der Waals surface area contributed by atoms with E-state index in [-0.39, 0.29) is 28.8 Å². The zero-order chi connectivity index (χ0) is 12.8. The molecular formula is C12H16ClFN2O. The topological polar surface area (TPSA) is 55.1 Å². The second-order valence-corrected chi connectivity index (χ2v) is 4.43. The van der Waals surface area contributed by atoms with Crippen molar-refractivity contribution in [2.24, 2.45) is 11.7 Å². The van der Waals surface area contributed by atoms with Crippen molar-refractivity contribution >= 4 is 17.5 Å². The van der Waals surface area contributed by atoms with Crippen molar-refractivity contribution in [1.29, 1.82) is 0 Å². The van der Waals surface area contributed by atoms with E-state index in [1.807, 2.05) is 6.92 Å². The molecular weight excluding hydrogens is 243 g/mol. The Morgan fingerprint density at radius 2 is 2.29 bits per heavy atom. The van der Waals surface area contributed by atoms with Crippen LogP contribution < -0.4 is 11.1 Å². The largest absolute Gasteiger partial charge is 0.355 e. The Labute approximate surface area is 105 Å². The number of carbonyl (C=O) groups is 1. The van der Waals surface area contributed by atoms with Crippen LogP contribution in [0, 0.1) is 11.7 Å². The lowest BCUT2D eigenvalue weighted by atomic mass is 10.1.